The maximum absolute atomic E-state index is 12.9. The second-order valence-corrected chi connectivity index (χ2v) is 8.73. The number of rotatable bonds is 11. The SMILES string of the molecule is CC(C)CCN(CCO)C(=O)N[C@@H](CC1CCCCC1)C(=O)OCc1ccccc1. The number of carbonyl (C=O) groups excluding carboxylic acids is 2. The van der Waals surface area contributed by atoms with E-state index in [1.54, 1.807) is 4.90 Å². The molecule has 6 nitrogen and oxygen atoms in total. The molecule has 0 radical (unpaired) electrons. The topological polar surface area (TPSA) is 78.9 Å². The van der Waals surface area contributed by atoms with Gasteiger partial charge in [0, 0.05) is 13.1 Å². The Balaban J connectivity index is 2.00. The lowest BCUT2D eigenvalue weighted by Gasteiger charge is -2.29. The fraction of sp³-hybridized carbons (Fsp3) is 0.667. The summed E-state index contributed by atoms with van der Waals surface area (Å²) < 4.78 is 5.55. The third-order valence-corrected chi connectivity index (χ3v) is 5.73. The molecule has 2 rings (SSSR count). The number of nitrogens with one attached hydrogen (secondary N) is 1. The molecule has 168 valence electrons. The molecule has 0 aromatic heterocycles. The lowest BCUT2D eigenvalue weighted by atomic mass is 9.85. The van der Waals surface area contributed by atoms with Gasteiger partial charge in [0.2, 0.25) is 0 Å². The summed E-state index contributed by atoms with van der Waals surface area (Å²) in [4.78, 5) is 27.3. The van der Waals surface area contributed by atoms with Crippen molar-refractivity contribution in [2.75, 3.05) is 19.7 Å². The predicted octanol–water partition coefficient (Wildman–Crippen LogP) is 4.12. The molecule has 1 aliphatic carbocycles. The van der Waals surface area contributed by atoms with E-state index in [4.69, 9.17) is 4.74 Å². The number of hydrogen-bond acceptors (Lipinski definition) is 4. The summed E-state index contributed by atoms with van der Waals surface area (Å²) in [6.45, 7) is 5.11. The molecule has 2 N–H and O–H groups in total. The highest BCUT2D eigenvalue weighted by Crippen LogP contribution is 2.27. The van der Waals surface area contributed by atoms with E-state index in [1.807, 2.05) is 30.3 Å². The van der Waals surface area contributed by atoms with E-state index in [1.165, 1.54) is 19.3 Å². The summed E-state index contributed by atoms with van der Waals surface area (Å²) in [5, 5.41) is 12.3. The lowest BCUT2D eigenvalue weighted by Crippen LogP contribution is -2.50. The Labute approximate surface area is 181 Å². The van der Waals surface area contributed by atoms with Crippen LogP contribution >= 0.6 is 0 Å². The molecule has 0 saturated heterocycles. The van der Waals surface area contributed by atoms with E-state index in [-0.39, 0.29) is 31.8 Å². The van der Waals surface area contributed by atoms with Gasteiger partial charge in [-0.25, -0.2) is 9.59 Å². The smallest absolute Gasteiger partial charge is 0.329 e. The quantitative estimate of drug-likeness (QED) is 0.530. The number of urea groups is 1. The molecule has 1 fully saturated rings. The van der Waals surface area contributed by atoms with E-state index < -0.39 is 6.04 Å². The number of nitrogens with zero attached hydrogens (tertiary/aromatic N) is 1. The first-order valence-electron chi connectivity index (χ1n) is 11.4. The third kappa shape index (κ3) is 8.74. The molecule has 1 aromatic rings. The first kappa shape index (κ1) is 24.2. The van der Waals surface area contributed by atoms with E-state index >= 15 is 0 Å². The highest BCUT2D eigenvalue weighted by atomic mass is 16.5. The minimum absolute atomic E-state index is 0.0999. The summed E-state index contributed by atoms with van der Waals surface area (Å²) in [7, 11) is 0. The Morgan fingerprint density at radius 2 is 1.83 bits per heavy atom. The van der Waals surface area contributed by atoms with E-state index in [9.17, 15) is 14.7 Å². The van der Waals surface area contributed by atoms with Crippen LogP contribution in [0.25, 0.3) is 0 Å². The van der Waals surface area contributed by atoms with Crippen molar-refractivity contribution >= 4 is 12.0 Å². The largest absolute Gasteiger partial charge is 0.459 e. The zero-order chi connectivity index (χ0) is 21.8. The van der Waals surface area contributed by atoms with Crippen LogP contribution in [0.2, 0.25) is 0 Å². The van der Waals surface area contributed by atoms with E-state index in [0.717, 1.165) is 24.8 Å². The maximum Gasteiger partial charge on any atom is 0.329 e. The van der Waals surface area contributed by atoms with Crippen LogP contribution in [0.3, 0.4) is 0 Å². The predicted molar refractivity (Wildman–Crippen MR) is 118 cm³/mol. The summed E-state index contributed by atoms with van der Waals surface area (Å²) in [5.41, 5.74) is 0.924. The summed E-state index contributed by atoms with van der Waals surface area (Å²) in [6.07, 6.45) is 7.23. The molecule has 1 atom stereocenters. The highest BCUT2D eigenvalue weighted by molar-refractivity contribution is 5.83. The van der Waals surface area contributed by atoms with Gasteiger partial charge in [0.25, 0.3) is 0 Å². The van der Waals surface area contributed by atoms with Gasteiger partial charge in [0.15, 0.2) is 0 Å². The van der Waals surface area contributed by atoms with Crippen molar-refractivity contribution in [3.05, 3.63) is 35.9 Å². The number of carbonyl (C=O) groups is 2. The molecule has 1 aliphatic rings. The molecule has 0 heterocycles. The Hall–Kier alpha value is -2.08. The van der Waals surface area contributed by atoms with Gasteiger partial charge in [-0.2, -0.15) is 0 Å². The van der Waals surface area contributed by atoms with Crippen molar-refractivity contribution in [1.29, 1.82) is 0 Å². The average molecular weight is 419 g/mol. The van der Waals surface area contributed by atoms with Crippen molar-refractivity contribution < 1.29 is 19.4 Å². The maximum atomic E-state index is 12.9. The molecular weight excluding hydrogens is 380 g/mol. The molecule has 0 unspecified atom stereocenters. The zero-order valence-electron chi connectivity index (χ0n) is 18.5. The van der Waals surface area contributed by atoms with Crippen molar-refractivity contribution in [3.63, 3.8) is 0 Å². The van der Waals surface area contributed by atoms with Crippen molar-refractivity contribution in [1.82, 2.24) is 10.2 Å². The number of amides is 2. The van der Waals surface area contributed by atoms with Crippen LogP contribution < -0.4 is 5.32 Å². The van der Waals surface area contributed by atoms with Gasteiger partial charge in [-0.15, -0.1) is 0 Å². The Bertz CT molecular complexity index is 629. The van der Waals surface area contributed by atoms with Crippen LogP contribution in [-0.4, -0.2) is 47.7 Å². The summed E-state index contributed by atoms with van der Waals surface area (Å²) >= 11 is 0. The Morgan fingerprint density at radius 3 is 2.47 bits per heavy atom. The minimum Gasteiger partial charge on any atom is -0.459 e. The molecule has 1 aromatic carbocycles. The van der Waals surface area contributed by atoms with Crippen LogP contribution in [0.1, 0.15) is 64.4 Å². The van der Waals surface area contributed by atoms with Gasteiger partial charge in [-0.1, -0.05) is 76.3 Å². The molecule has 1 saturated carbocycles. The van der Waals surface area contributed by atoms with Gasteiger partial charge in [-0.05, 0) is 30.2 Å². The molecule has 2 amide bonds. The van der Waals surface area contributed by atoms with Gasteiger partial charge in [-0.3, -0.25) is 0 Å². The molecule has 0 aliphatic heterocycles. The number of hydrogen-bond donors (Lipinski definition) is 2. The molecule has 6 heteroatoms. The first-order valence-corrected chi connectivity index (χ1v) is 11.4. The van der Waals surface area contributed by atoms with Gasteiger partial charge in [0.05, 0.1) is 6.61 Å². The van der Waals surface area contributed by atoms with E-state index in [0.29, 0.717) is 24.8 Å². The zero-order valence-corrected chi connectivity index (χ0v) is 18.5. The van der Waals surface area contributed by atoms with Crippen molar-refractivity contribution in [2.24, 2.45) is 11.8 Å². The Kier molecular flexibility index (Phi) is 10.7. The standard InChI is InChI=1S/C24H38N2O4/c1-19(2)13-14-26(15-16-27)24(29)25-22(17-20-9-5-3-6-10-20)23(28)30-18-21-11-7-4-8-12-21/h4,7-8,11-12,19-20,22,27H,3,5-6,9-10,13-18H2,1-2H3,(H,25,29)/t22-/m0/s1. The lowest BCUT2D eigenvalue weighted by molar-refractivity contribution is -0.147. The number of aliphatic hydroxyl groups is 1. The van der Waals surface area contributed by atoms with Crippen LogP contribution in [-0.2, 0) is 16.1 Å². The number of esters is 1. The fourth-order valence-corrected chi connectivity index (χ4v) is 3.89. The minimum atomic E-state index is -0.662. The number of aliphatic hydroxyl groups excluding tert-OH is 1. The summed E-state index contributed by atoms with van der Waals surface area (Å²) in [6, 6.07) is 8.60. The molecule has 0 spiro atoms. The van der Waals surface area contributed by atoms with Gasteiger partial charge in [0.1, 0.15) is 12.6 Å². The highest BCUT2D eigenvalue weighted by Gasteiger charge is 2.28. The normalized spacial score (nSPS) is 15.6. The van der Waals surface area contributed by atoms with Crippen LogP contribution in [0, 0.1) is 11.8 Å². The number of ether oxygens (including phenoxy) is 1. The van der Waals surface area contributed by atoms with Crippen LogP contribution in [0.5, 0.6) is 0 Å². The van der Waals surface area contributed by atoms with Crippen LogP contribution in [0.4, 0.5) is 4.79 Å². The molecule has 0 bridgehead atoms. The Morgan fingerprint density at radius 1 is 1.13 bits per heavy atom. The molecule has 30 heavy (non-hydrogen) atoms. The van der Waals surface area contributed by atoms with Gasteiger partial charge < -0.3 is 20.1 Å². The first-order chi connectivity index (χ1) is 14.5. The number of benzene rings is 1. The summed E-state index contributed by atoms with van der Waals surface area (Å²) in [5.74, 6) is 0.494. The fourth-order valence-electron chi connectivity index (χ4n) is 3.89. The van der Waals surface area contributed by atoms with Crippen LogP contribution in [0.15, 0.2) is 30.3 Å². The van der Waals surface area contributed by atoms with Gasteiger partial charge >= 0.3 is 12.0 Å². The second-order valence-electron chi connectivity index (χ2n) is 8.73. The average Bonchev–Trinajstić information content (AvgIpc) is 2.75. The monoisotopic (exact) mass is 418 g/mol. The van der Waals surface area contributed by atoms with Crippen molar-refractivity contribution in [3.8, 4) is 0 Å². The van der Waals surface area contributed by atoms with E-state index in [2.05, 4.69) is 19.2 Å². The third-order valence-electron chi connectivity index (χ3n) is 5.73. The molecular formula is C24H38N2O4. The second kappa shape index (κ2) is 13.3. The van der Waals surface area contributed by atoms with Crippen molar-refractivity contribution in [2.45, 2.75) is 71.4 Å².